The van der Waals surface area contributed by atoms with Gasteiger partial charge in [0.05, 0.1) is 5.69 Å². The number of aryl methyl sites for hydroxylation is 1. The monoisotopic (exact) mass is 286 g/mol. The van der Waals surface area contributed by atoms with Crippen LogP contribution in [0.15, 0.2) is 47.5 Å². The van der Waals surface area contributed by atoms with Crippen LogP contribution in [0, 0.1) is 6.92 Å². The minimum Gasteiger partial charge on any atom is -0.312 e. The van der Waals surface area contributed by atoms with Crippen LogP contribution in [-0.2, 0) is 5.75 Å². The molecule has 1 aromatic carbocycles. The van der Waals surface area contributed by atoms with Crippen molar-refractivity contribution in [3.8, 4) is 0 Å². The summed E-state index contributed by atoms with van der Waals surface area (Å²) in [5.74, 6) is 0.997. The standard InChI is InChI=1S/C17H22N2S/c1-4-16(18-3)17-10-9-15(11-19-17)20-12-14-8-6-5-7-13(14)2/h5-11,16,18H,4,12H2,1-3H3. The maximum Gasteiger partial charge on any atom is 0.0573 e. The topological polar surface area (TPSA) is 24.9 Å². The minimum absolute atomic E-state index is 0.352. The number of aromatic nitrogens is 1. The molecule has 0 fully saturated rings. The van der Waals surface area contributed by atoms with Gasteiger partial charge in [-0.25, -0.2) is 0 Å². The van der Waals surface area contributed by atoms with Crippen molar-refractivity contribution in [3.05, 3.63) is 59.4 Å². The highest BCUT2D eigenvalue weighted by atomic mass is 32.2. The fraction of sp³-hybridized carbons (Fsp3) is 0.353. The molecular formula is C17H22N2S. The SMILES string of the molecule is CCC(NC)c1ccc(SCc2ccccc2C)cn1. The molecule has 1 heterocycles. The first kappa shape index (κ1) is 15.1. The van der Waals surface area contributed by atoms with E-state index < -0.39 is 0 Å². The number of hydrogen-bond acceptors (Lipinski definition) is 3. The smallest absolute Gasteiger partial charge is 0.0573 e. The molecule has 20 heavy (non-hydrogen) atoms. The molecule has 0 aliphatic heterocycles. The van der Waals surface area contributed by atoms with Crippen molar-refractivity contribution >= 4 is 11.8 Å². The van der Waals surface area contributed by atoms with E-state index in [0.29, 0.717) is 6.04 Å². The molecule has 3 heteroatoms. The van der Waals surface area contributed by atoms with Crippen LogP contribution in [0.25, 0.3) is 0 Å². The van der Waals surface area contributed by atoms with Crippen molar-refractivity contribution in [1.82, 2.24) is 10.3 Å². The lowest BCUT2D eigenvalue weighted by Gasteiger charge is -2.13. The summed E-state index contributed by atoms with van der Waals surface area (Å²) >= 11 is 1.84. The van der Waals surface area contributed by atoms with Gasteiger partial charge < -0.3 is 5.32 Å². The quantitative estimate of drug-likeness (QED) is 0.799. The van der Waals surface area contributed by atoms with Crippen LogP contribution in [0.2, 0.25) is 0 Å². The van der Waals surface area contributed by atoms with Crippen molar-refractivity contribution in [2.24, 2.45) is 0 Å². The van der Waals surface area contributed by atoms with Crippen LogP contribution >= 0.6 is 11.8 Å². The van der Waals surface area contributed by atoms with E-state index in [-0.39, 0.29) is 0 Å². The first-order valence-corrected chi connectivity index (χ1v) is 8.03. The molecular weight excluding hydrogens is 264 g/mol. The lowest BCUT2D eigenvalue weighted by molar-refractivity contribution is 0.561. The van der Waals surface area contributed by atoms with Gasteiger partial charge in [0, 0.05) is 22.9 Å². The van der Waals surface area contributed by atoms with Crippen LogP contribution in [0.4, 0.5) is 0 Å². The normalized spacial score (nSPS) is 12.3. The predicted octanol–water partition coefficient (Wildman–Crippen LogP) is 4.35. The summed E-state index contributed by atoms with van der Waals surface area (Å²) in [6, 6.07) is 13.2. The molecule has 1 unspecified atom stereocenters. The van der Waals surface area contributed by atoms with E-state index >= 15 is 0 Å². The van der Waals surface area contributed by atoms with Gasteiger partial charge in [0.15, 0.2) is 0 Å². The van der Waals surface area contributed by atoms with Gasteiger partial charge in [0.25, 0.3) is 0 Å². The Kier molecular flexibility index (Phi) is 5.62. The van der Waals surface area contributed by atoms with Gasteiger partial charge in [-0.3, -0.25) is 4.98 Å². The highest BCUT2D eigenvalue weighted by Crippen LogP contribution is 2.24. The van der Waals surface area contributed by atoms with E-state index in [1.807, 2.05) is 25.0 Å². The molecule has 0 spiro atoms. The van der Waals surface area contributed by atoms with Gasteiger partial charge in [-0.2, -0.15) is 0 Å². The second-order valence-corrected chi connectivity index (χ2v) is 5.93. The zero-order chi connectivity index (χ0) is 14.4. The van der Waals surface area contributed by atoms with Crippen molar-refractivity contribution in [3.63, 3.8) is 0 Å². The fourth-order valence-corrected chi connectivity index (χ4v) is 3.12. The molecule has 2 rings (SSSR count). The molecule has 0 aliphatic rings. The Hall–Kier alpha value is -1.32. The molecule has 0 radical (unpaired) electrons. The maximum atomic E-state index is 4.57. The van der Waals surface area contributed by atoms with Gasteiger partial charge in [-0.15, -0.1) is 11.8 Å². The van der Waals surface area contributed by atoms with Gasteiger partial charge in [-0.1, -0.05) is 31.2 Å². The fourth-order valence-electron chi connectivity index (χ4n) is 2.18. The Labute approximate surface area is 126 Å². The summed E-state index contributed by atoms with van der Waals surface area (Å²) in [4.78, 5) is 5.80. The zero-order valence-corrected chi connectivity index (χ0v) is 13.2. The number of nitrogens with one attached hydrogen (secondary N) is 1. The molecule has 106 valence electrons. The summed E-state index contributed by atoms with van der Waals surface area (Å²) < 4.78 is 0. The zero-order valence-electron chi connectivity index (χ0n) is 12.4. The number of rotatable bonds is 6. The van der Waals surface area contributed by atoms with Gasteiger partial charge >= 0.3 is 0 Å². The van der Waals surface area contributed by atoms with E-state index in [2.05, 4.69) is 60.5 Å². The summed E-state index contributed by atoms with van der Waals surface area (Å²) in [5.41, 5.74) is 3.87. The first-order valence-electron chi connectivity index (χ1n) is 7.05. The Morgan fingerprint density at radius 3 is 2.60 bits per heavy atom. The third-order valence-corrected chi connectivity index (χ3v) is 4.56. The van der Waals surface area contributed by atoms with Crippen LogP contribution in [0.5, 0.6) is 0 Å². The average molecular weight is 286 g/mol. The molecule has 0 bridgehead atoms. The molecule has 0 saturated heterocycles. The number of thioether (sulfide) groups is 1. The van der Waals surface area contributed by atoms with E-state index in [1.165, 1.54) is 16.0 Å². The molecule has 2 nitrogen and oxygen atoms in total. The first-order chi connectivity index (χ1) is 9.74. The summed E-state index contributed by atoms with van der Waals surface area (Å²) in [5, 5.41) is 3.28. The van der Waals surface area contributed by atoms with Gasteiger partial charge in [0.1, 0.15) is 0 Å². The summed E-state index contributed by atoms with van der Waals surface area (Å²) in [7, 11) is 1.98. The van der Waals surface area contributed by atoms with E-state index in [9.17, 15) is 0 Å². The molecule has 1 atom stereocenters. The highest BCUT2D eigenvalue weighted by molar-refractivity contribution is 7.98. The number of benzene rings is 1. The Balaban J connectivity index is 1.99. The highest BCUT2D eigenvalue weighted by Gasteiger charge is 2.07. The Morgan fingerprint density at radius 1 is 1.20 bits per heavy atom. The molecule has 1 aromatic heterocycles. The van der Waals surface area contributed by atoms with Crippen LogP contribution in [-0.4, -0.2) is 12.0 Å². The lowest BCUT2D eigenvalue weighted by Crippen LogP contribution is -2.16. The second-order valence-electron chi connectivity index (χ2n) is 4.88. The van der Waals surface area contributed by atoms with Gasteiger partial charge in [-0.05, 0) is 43.7 Å². The van der Waals surface area contributed by atoms with Crippen LogP contribution in [0.3, 0.4) is 0 Å². The lowest BCUT2D eigenvalue weighted by atomic mass is 10.1. The molecule has 0 amide bonds. The summed E-state index contributed by atoms with van der Waals surface area (Å²) in [6.07, 6.45) is 3.04. The Bertz CT molecular complexity index is 533. The predicted molar refractivity (Wildman–Crippen MR) is 87.1 cm³/mol. The largest absolute Gasteiger partial charge is 0.312 e. The van der Waals surface area contributed by atoms with E-state index in [1.54, 1.807) is 0 Å². The van der Waals surface area contributed by atoms with Crippen molar-refractivity contribution in [1.29, 1.82) is 0 Å². The maximum absolute atomic E-state index is 4.57. The van der Waals surface area contributed by atoms with E-state index in [4.69, 9.17) is 0 Å². The summed E-state index contributed by atoms with van der Waals surface area (Å²) in [6.45, 7) is 4.33. The minimum atomic E-state index is 0.352. The number of pyridine rings is 1. The molecule has 0 aliphatic carbocycles. The van der Waals surface area contributed by atoms with Gasteiger partial charge in [0.2, 0.25) is 0 Å². The van der Waals surface area contributed by atoms with Crippen molar-refractivity contribution < 1.29 is 0 Å². The molecule has 1 N–H and O–H groups in total. The average Bonchev–Trinajstić information content (AvgIpc) is 2.49. The third-order valence-electron chi connectivity index (χ3n) is 3.53. The van der Waals surface area contributed by atoms with Crippen molar-refractivity contribution in [2.75, 3.05) is 7.05 Å². The third kappa shape index (κ3) is 3.84. The van der Waals surface area contributed by atoms with Crippen LogP contribution < -0.4 is 5.32 Å². The van der Waals surface area contributed by atoms with E-state index in [0.717, 1.165) is 17.9 Å². The number of nitrogens with zero attached hydrogens (tertiary/aromatic N) is 1. The van der Waals surface area contributed by atoms with Crippen LogP contribution in [0.1, 0.15) is 36.2 Å². The van der Waals surface area contributed by atoms with Crippen molar-refractivity contribution in [2.45, 2.75) is 37.0 Å². The Morgan fingerprint density at radius 2 is 2.00 bits per heavy atom. The number of hydrogen-bond donors (Lipinski definition) is 1. The molecule has 2 aromatic rings. The molecule has 0 saturated carbocycles. The second kappa shape index (κ2) is 7.46.